The lowest BCUT2D eigenvalue weighted by Crippen LogP contribution is -3.11. The van der Waals surface area contributed by atoms with Crippen LogP contribution in [0.25, 0.3) is 11.0 Å². The molecule has 4 nitrogen and oxygen atoms in total. The zero-order valence-electron chi connectivity index (χ0n) is 14.5. The molecular formula is C20H22NO3S+. The monoisotopic (exact) mass is 356 g/mol. The molecule has 1 aliphatic heterocycles. The Balaban J connectivity index is 1.75. The largest absolute Gasteiger partial charge is 0.508 e. The third kappa shape index (κ3) is 2.87. The minimum atomic E-state index is -0.355. The van der Waals surface area contributed by atoms with E-state index in [9.17, 15) is 9.90 Å². The summed E-state index contributed by atoms with van der Waals surface area (Å²) in [6.45, 7) is 6.12. The maximum Gasteiger partial charge on any atom is 0.336 e. The number of hydrogen-bond acceptors (Lipinski definition) is 4. The number of aromatic hydroxyl groups is 1. The SMILES string of the molecule is CCc1cc2c(C[NH+]3CCc4sccc4[C@@H]3C)cc(=O)oc2cc1O. The molecule has 2 N–H and O–H groups in total. The molecule has 2 aromatic heterocycles. The van der Waals surface area contributed by atoms with Crippen LogP contribution in [0.15, 0.2) is 38.9 Å². The lowest BCUT2D eigenvalue weighted by atomic mass is 9.99. The van der Waals surface area contributed by atoms with E-state index < -0.39 is 0 Å². The molecule has 130 valence electrons. The lowest BCUT2D eigenvalue weighted by molar-refractivity contribution is -0.945. The van der Waals surface area contributed by atoms with E-state index in [0.717, 1.165) is 42.4 Å². The van der Waals surface area contributed by atoms with Gasteiger partial charge in [-0.05, 0) is 36.4 Å². The summed E-state index contributed by atoms with van der Waals surface area (Å²) in [5.74, 6) is 0.192. The second kappa shape index (κ2) is 6.32. The van der Waals surface area contributed by atoms with Gasteiger partial charge in [0.15, 0.2) is 0 Å². The van der Waals surface area contributed by atoms with Gasteiger partial charge in [0.2, 0.25) is 0 Å². The van der Waals surface area contributed by atoms with Gasteiger partial charge in [-0.25, -0.2) is 4.79 Å². The fraction of sp³-hybridized carbons (Fsp3) is 0.350. The van der Waals surface area contributed by atoms with E-state index in [0.29, 0.717) is 11.6 Å². The minimum absolute atomic E-state index is 0.192. The zero-order chi connectivity index (χ0) is 17.6. The van der Waals surface area contributed by atoms with Crippen LogP contribution < -0.4 is 10.5 Å². The van der Waals surface area contributed by atoms with E-state index in [1.165, 1.54) is 15.3 Å². The first-order chi connectivity index (χ1) is 12.1. The number of aryl methyl sites for hydroxylation is 1. The van der Waals surface area contributed by atoms with Crippen molar-refractivity contribution in [3.8, 4) is 5.75 Å². The summed E-state index contributed by atoms with van der Waals surface area (Å²) in [4.78, 5) is 14.9. The first-order valence-electron chi connectivity index (χ1n) is 8.76. The van der Waals surface area contributed by atoms with E-state index in [1.54, 1.807) is 12.1 Å². The van der Waals surface area contributed by atoms with E-state index in [1.807, 2.05) is 24.3 Å². The summed E-state index contributed by atoms with van der Waals surface area (Å²) in [6, 6.07) is 7.80. The molecule has 3 aromatic rings. The Kier molecular flexibility index (Phi) is 4.13. The molecule has 1 aliphatic rings. The predicted octanol–water partition coefficient (Wildman–Crippen LogP) is 2.82. The smallest absolute Gasteiger partial charge is 0.336 e. The van der Waals surface area contributed by atoms with Gasteiger partial charge in [-0.1, -0.05) is 6.92 Å². The summed E-state index contributed by atoms with van der Waals surface area (Å²) >= 11 is 1.84. The van der Waals surface area contributed by atoms with Crippen molar-refractivity contribution in [1.29, 1.82) is 0 Å². The van der Waals surface area contributed by atoms with Crippen molar-refractivity contribution in [3.05, 3.63) is 61.6 Å². The lowest BCUT2D eigenvalue weighted by Gasteiger charge is -2.30. The van der Waals surface area contributed by atoms with Crippen molar-refractivity contribution in [1.82, 2.24) is 0 Å². The number of phenolic OH excluding ortho intramolecular Hbond substituents is 1. The molecule has 0 fully saturated rings. The first-order valence-corrected chi connectivity index (χ1v) is 9.64. The van der Waals surface area contributed by atoms with Crippen LogP contribution in [-0.4, -0.2) is 11.7 Å². The average Bonchev–Trinajstić information content (AvgIpc) is 3.06. The fourth-order valence-electron chi connectivity index (χ4n) is 3.87. The Bertz CT molecular complexity index is 988. The standard InChI is InChI=1S/C20H21NO3S/c1-3-13-8-16-14(9-20(23)24-18(16)10-17(13)22)11-21-6-4-19-15(12(21)2)5-7-25-19/h5,7-10,12,22H,3-4,6,11H2,1-2H3/p+1/t12-/m0/s1. The van der Waals surface area contributed by atoms with Crippen LogP contribution in [0.2, 0.25) is 0 Å². The average molecular weight is 356 g/mol. The van der Waals surface area contributed by atoms with Crippen LogP contribution in [0, 0.1) is 0 Å². The molecule has 1 unspecified atom stereocenters. The highest BCUT2D eigenvalue weighted by atomic mass is 32.1. The topological polar surface area (TPSA) is 54.9 Å². The van der Waals surface area contributed by atoms with Crippen molar-refractivity contribution >= 4 is 22.3 Å². The van der Waals surface area contributed by atoms with Crippen molar-refractivity contribution in [2.75, 3.05) is 6.54 Å². The summed E-state index contributed by atoms with van der Waals surface area (Å²) in [6.07, 6.45) is 1.83. The van der Waals surface area contributed by atoms with Gasteiger partial charge in [-0.15, -0.1) is 11.3 Å². The summed E-state index contributed by atoms with van der Waals surface area (Å²) in [7, 11) is 0. The van der Waals surface area contributed by atoms with Crippen LogP contribution >= 0.6 is 11.3 Å². The molecule has 1 aromatic carbocycles. The molecule has 2 atom stereocenters. The van der Waals surface area contributed by atoms with Gasteiger partial charge >= 0.3 is 5.63 Å². The Hall–Kier alpha value is -2.11. The fourth-order valence-corrected chi connectivity index (χ4v) is 4.85. The number of hydrogen-bond donors (Lipinski definition) is 2. The molecule has 0 saturated heterocycles. The van der Waals surface area contributed by atoms with Crippen molar-refractivity contribution in [2.24, 2.45) is 0 Å². The highest BCUT2D eigenvalue weighted by Crippen LogP contribution is 2.28. The highest BCUT2D eigenvalue weighted by Gasteiger charge is 2.28. The molecular weight excluding hydrogens is 334 g/mol. The molecule has 0 bridgehead atoms. The number of benzene rings is 1. The normalized spacial score (nSPS) is 19.9. The van der Waals surface area contributed by atoms with E-state index in [4.69, 9.17) is 4.42 Å². The van der Waals surface area contributed by atoms with Crippen molar-refractivity contribution < 1.29 is 14.4 Å². The summed E-state index contributed by atoms with van der Waals surface area (Å²) in [5.41, 5.74) is 3.43. The Labute approximate surface area is 150 Å². The molecule has 0 spiro atoms. The van der Waals surface area contributed by atoms with E-state index >= 15 is 0 Å². The second-order valence-electron chi connectivity index (χ2n) is 6.78. The summed E-state index contributed by atoms with van der Waals surface area (Å²) in [5, 5.41) is 13.2. The van der Waals surface area contributed by atoms with Crippen LogP contribution in [0.3, 0.4) is 0 Å². The zero-order valence-corrected chi connectivity index (χ0v) is 15.3. The van der Waals surface area contributed by atoms with Gasteiger partial charge in [0, 0.05) is 39.9 Å². The van der Waals surface area contributed by atoms with Crippen LogP contribution in [0.1, 0.15) is 41.5 Å². The number of quaternary nitrogens is 1. The first kappa shape index (κ1) is 16.4. The Morgan fingerprint density at radius 3 is 2.96 bits per heavy atom. The number of fused-ring (bicyclic) bond motifs is 2. The van der Waals surface area contributed by atoms with Gasteiger partial charge in [-0.3, -0.25) is 0 Å². The van der Waals surface area contributed by atoms with Crippen molar-refractivity contribution in [3.63, 3.8) is 0 Å². The third-order valence-electron chi connectivity index (χ3n) is 5.36. The van der Waals surface area contributed by atoms with Gasteiger partial charge in [0.1, 0.15) is 23.9 Å². The van der Waals surface area contributed by atoms with Gasteiger partial charge in [-0.2, -0.15) is 0 Å². The van der Waals surface area contributed by atoms with Crippen LogP contribution in [0.4, 0.5) is 0 Å². The summed E-state index contributed by atoms with van der Waals surface area (Å²) < 4.78 is 5.32. The minimum Gasteiger partial charge on any atom is -0.508 e. The molecule has 25 heavy (non-hydrogen) atoms. The predicted molar refractivity (Wildman–Crippen MR) is 99.5 cm³/mol. The van der Waals surface area contributed by atoms with Crippen molar-refractivity contribution in [2.45, 2.75) is 39.3 Å². The third-order valence-corrected chi connectivity index (χ3v) is 6.36. The maximum atomic E-state index is 12.0. The number of nitrogens with one attached hydrogen (secondary N) is 1. The molecule has 0 saturated carbocycles. The number of phenols is 1. The molecule has 0 radical (unpaired) electrons. The Morgan fingerprint density at radius 2 is 2.16 bits per heavy atom. The second-order valence-corrected chi connectivity index (χ2v) is 7.78. The molecule has 4 rings (SSSR count). The molecule has 0 aliphatic carbocycles. The Morgan fingerprint density at radius 1 is 1.32 bits per heavy atom. The van der Waals surface area contributed by atoms with E-state index in [-0.39, 0.29) is 11.4 Å². The molecule has 5 heteroatoms. The van der Waals surface area contributed by atoms with Gasteiger partial charge < -0.3 is 14.4 Å². The van der Waals surface area contributed by atoms with Gasteiger partial charge in [0.05, 0.1) is 6.54 Å². The number of rotatable bonds is 3. The maximum absolute atomic E-state index is 12.0. The van der Waals surface area contributed by atoms with Gasteiger partial charge in [0.25, 0.3) is 0 Å². The quantitative estimate of drug-likeness (QED) is 0.710. The number of thiophene rings is 1. The highest BCUT2D eigenvalue weighted by molar-refractivity contribution is 7.10. The molecule has 0 amide bonds. The molecule has 3 heterocycles. The van der Waals surface area contributed by atoms with Crippen LogP contribution in [0.5, 0.6) is 5.75 Å². The van der Waals surface area contributed by atoms with Crippen LogP contribution in [-0.2, 0) is 19.4 Å². The van der Waals surface area contributed by atoms with E-state index in [2.05, 4.69) is 18.4 Å².